The molecule has 1 saturated heterocycles. The predicted octanol–water partition coefficient (Wildman–Crippen LogP) is 1.96. The van der Waals surface area contributed by atoms with Gasteiger partial charge in [0.05, 0.1) is 11.3 Å². The largest absolute Gasteiger partial charge is 0.335 e. The van der Waals surface area contributed by atoms with Gasteiger partial charge < -0.3 is 15.1 Å². The molecule has 2 aromatic carbocycles. The summed E-state index contributed by atoms with van der Waals surface area (Å²) in [6, 6.07) is 14.7. The van der Waals surface area contributed by atoms with Crippen LogP contribution in [0.1, 0.15) is 15.9 Å². The average Bonchev–Trinajstić information content (AvgIpc) is 3.28. The van der Waals surface area contributed by atoms with Crippen LogP contribution in [0.2, 0.25) is 0 Å². The van der Waals surface area contributed by atoms with E-state index in [1.807, 2.05) is 43.3 Å². The molecule has 0 spiro atoms. The first-order chi connectivity index (χ1) is 14.1. The number of nitrogens with one attached hydrogen (secondary N) is 1. The van der Waals surface area contributed by atoms with Crippen LogP contribution in [-0.2, 0) is 0 Å². The Balaban J connectivity index is 1.40. The predicted molar refractivity (Wildman–Crippen MR) is 107 cm³/mol. The standard InChI is InChI=1S/C20H21N7O2/c1-15-5-4-6-16(13-15)22-20(29)26-11-9-25(10-12-26)19(28)17-7-2-3-8-18(17)27-14-21-23-24-27/h2-8,13-14H,9-12H2,1H3,(H,22,29). The number of carbonyl (C=O) groups is 2. The first-order valence-electron chi connectivity index (χ1n) is 9.36. The zero-order valence-corrected chi connectivity index (χ0v) is 16.0. The number of tetrazole rings is 1. The Hall–Kier alpha value is -3.75. The lowest BCUT2D eigenvalue weighted by atomic mass is 10.1. The van der Waals surface area contributed by atoms with Crippen molar-refractivity contribution in [2.45, 2.75) is 6.92 Å². The molecule has 9 heteroatoms. The van der Waals surface area contributed by atoms with Crippen LogP contribution < -0.4 is 5.32 Å². The maximum absolute atomic E-state index is 13.0. The summed E-state index contributed by atoms with van der Waals surface area (Å²) in [5.41, 5.74) is 3.00. The first kappa shape index (κ1) is 18.6. The van der Waals surface area contributed by atoms with Gasteiger partial charge in [0.25, 0.3) is 5.91 Å². The van der Waals surface area contributed by atoms with E-state index in [1.165, 1.54) is 11.0 Å². The van der Waals surface area contributed by atoms with Gasteiger partial charge in [-0.3, -0.25) is 4.79 Å². The van der Waals surface area contributed by atoms with E-state index in [1.54, 1.807) is 21.9 Å². The molecular formula is C20H21N7O2. The topological polar surface area (TPSA) is 96.2 Å². The van der Waals surface area contributed by atoms with Crippen molar-refractivity contribution in [1.29, 1.82) is 0 Å². The van der Waals surface area contributed by atoms with Gasteiger partial charge in [0.15, 0.2) is 0 Å². The van der Waals surface area contributed by atoms with Gasteiger partial charge in [0.1, 0.15) is 6.33 Å². The van der Waals surface area contributed by atoms with Gasteiger partial charge in [-0.05, 0) is 47.2 Å². The van der Waals surface area contributed by atoms with Crippen molar-refractivity contribution in [2.75, 3.05) is 31.5 Å². The first-order valence-corrected chi connectivity index (χ1v) is 9.36. The molecule has 9 nitrogen and oxygen atoms in total. The summed E-state index contributed by atoms with van der Waals surface area (Å²) in [7, 11) is 0. The van der Waals surface area contributed by atoms with Gasteiger partial charge in [-0.15, -0.1) is 5.10 Å². The van der Waals surface area contributed by atoms with Crippen molar-refractivity contribution in [3.05, 3.63) is 66.0 Å². The van der Waals surface area contributed by atoms with Crippen LogP contribution in [0.5, 0.6) is 0 Å². The van der Waals surface area contributed by atoms with Crippen LogP contribution in [0.15, 0.2) is 54.9 Å². The van der Waals surface area contributed by atoms with Crippen molar-refractivity contribution >= 4 is 17.6 Å². The molecule has 0 aliphatic carbocycles. The number of carbonyl (C=O) groups excluding carboxylic acids is 2. The molecule has 1 aliphatic heterocycles. The van der Waals surface area contributed by atoms with E-state index in [0.717, 1.165) is 11.3 Å². The fourth-order valence-electron chi connectivity index (χ4n) is 3.33. The maximum Gasteiger partial charge on any atom is 0.321 e. The third-order valence-electron chi connectivity index (χ3n) is 4.85. The second-order valence-corrected chi connectivity index (χ2v) is 6.85. The molecule has 1 aliphatic rings. The Labute approximate surface area is 167 Å². The number of hydrogen-bond donors (Lipinski definition) is 1. The van der Waals surface area contributed by atoms with Crippen LogP contribution in [0.25, 0.3) is 5.69 Å². The lowest BCUT2D eigenvalue weighted by molar-refractivity contribution is 0.0671. The molecule has 4 rings (SSSR count). The summed E-state index contributed by atoms with van der Waals surface area (Å²) >= 11 is 0. The fraction of sp³-hybridized carbons (Fsp3) is 0.250. The van der Waals surface area contributed by atoms with Gasteiger partial charge in [0.2, 0.25) is 0 Å². The second-order valence-electron chi connectivity index (χ2n) is 6.85. The zero-order chi connectivity index (χ0) is 20.2. The summed E-state index contributed by atoms with van der Waals surface area (Å²) < 4.78 is 1.47. The normalized spacial score (nSPS) is 14.0. The SMILES string of the molecule is Cc1cccc(NC(=O)N2CCN(C(=O)c3ccccc3-n3cnnn3)CC2)c1. The Morgan fingerprint density at radius 1 is 0.966 bits per heavy atom. The number of piperazine rings is 1. The van der Waals surface area contributed by atoms with Crippen molar-refractivity contribution in [3.8, 4) is 5.69 Å². The number of rotatable bonds is 3. The van der Waals surface area contributed by atoms with Crippen molar-refractivity contribution < 1.29 is 9.59 Å². The Morgan fingerprint density at radius 3 is 2.45 bits per heavy atom. The van der Waals surface area contributed by atoms with Gasteiger partial charge in [0, 0.05) is 31.9 Å². The minimum Gasteiger partial charge on any atom is -0.335 e. The lowest BCUT2D eigenvalue weighted by Gasteiger charge is -2.35. The minimum absolute atomic E-state index is 0.102. The molecule has 0 atom stereocenters. The maximum atomic E-state index is 13.0. The molecule has 29 heavy (non-hydrogen) atoms. The van der Waals surface area contributed by atoms with Gasteiger partial charge >= 0.3 is 6.03 Å². The molecule has 3 amide bonds. The number of benzene rings is 2. The summed E-state index contributed by atoms with van der Waals surface area (Å²) in [4.78, 5) is 29.0. The molecule has 1 fully saturated rings. The van der Waals surface area contributed by atoms with E-state index in [2.05, 4.69) is 20.8 Å². The van der Waals surface area contributed by atoms with Crippen LogP contribution >= 0.6 is 0 Å². The third-order valence-corrected chi connectivity index (χ3v) is 4.85. The summed E-state index contributed by atoms with van der Waals surface area (Å²) in [5.74, 6) is -0.102. The molecule has 2 heterocycles. The Morgan fingerprint density at radius 2 is 1.72 bits per heavy atom. The molecule has 1 aromatic heterocycles. The highest BCUT2D eigenvalue weighted by Gasteiger charge is 2.26. The number of para-hydroxylation sites is 1. The monoisotopic (exact) mass is 391 g/mol. The molecule has 148 valence electrons. The number of hydrogen-bond acceptors (Lipinski definition) is 5. The van der Waals surface area contributed by atoms with E-state index < -0.39 is 0 Å². The van der Waals surface area contributed by atoms with E-state index >= 15 is 0 Å². The van der Waals surface area contributed by atoms with Crippen molar-refractivity contribution in [1.82, 2.24) is 30.0 Å². The van der Waals surface area contributed by atoms with E-state index in [-0.39, 0.29) is 11.9 Å². The molecule has 0 radical (unpaired) electrons. The van der Waals surface area contributed by atoms with E-state index in [0.29, 0.717) is 37.4 Å². The summed E-state index contributed by atoms with van der Waals surface area (Å²) in [6.07, 6.45) is 1.46. The second kappa shape index (κ2) is 8.09. The van der Waals surface area contributed by atoms with Crippen LogP contribution in [0.4, 0.5) is 10.5 Å². The summed E-state index contributed by atoms with van der Waals surface area (Å²) in [5, 5.41) is 14.1. The van der Waals surface area contributed by atoms with Crippen LogP contribution in [0, 0.1) is 6.92 Å². The van der Waals surface area contributed by atoms with E-state index in [4.69, 9.17) is 0 Å². The molecule has 3 aromatic rings. The van der Waals surface area contributed by atoms with E-state index in [9.17, 15) is 9.59 Å². The van der Waals surface area contributed by atoms with Crippen molar-refractivity contribution in [2.24, 2.45) is 0 Å². The fourth-order valence-corrected chi connectivity index (χ4v) is 3.33. The molecule has 1 N–H and O–H groups in total. The highest BCUT2D eigenvalue weighted by molar-refractivity contribution is 5.98. The number of nitrogens with zero attached hydrogens (tertiary/aromatic N) is 6. The smallest absolute Gasteiger partial charge is 0.321 e. The minimum atomic E-state index is -0.156. The summed E-state index contributed by atoms with van der Waals surface area (Å²) in [6.45, 7) is 3.84. The number of anilines is 1. The zero-order valence-electron chi connectivity index (χ0n) is 16.0. The van der Waals surface area contributed by atoms with Gasteiger partial charge in [-0.2, -0.15) is 4.68 Å². The number of aromatic nitrogens is 4. The van der Waals surface area contributed by atoms with Crippen LogP contribution in [0.3, 0.4) is 0 Å². The molecule has 0 unspecified atom stereocenters. The quantitative estimate of drug-likeness (QED) is 0.736. The number of urea groups is 1. The molecule has 0 bridgehead atoms. The number of aryl methyl sites for hydroxylation is 1. The van der Waals surface area contributed by atoms with Gasteiger partial charge in [-0.1, -0.05) is 24.3 Å². The highest BCUT2D eigenvalue weighted by atomic mass is 16.2. The Kier molecular flexibility index (Phi) is 5.19. The van der Waals surface area contributed by atoms with Crippen molar-refractivity contribution in [3.63, 3.8) is 0 Å². The highest BCUT2D eigenvalue weighted by Crippen LogP contribution is 2.17. The van der Waals surface area contributed by atoms with Crippen LogP contribution in [-0.4, -0.2) is 68.1 Å². The average molecular weight is 391 g/mol. The third kappa shape index (κ3) is 4.08. The number of amides is 3. The Bertz CT molecular complexity index is 1010. The lowest BCUT2D eigenvalue weighted by Crippen LogP contribution is -2.51. The van der Waals surface area contributed by atoms with Gasteiger partial charge in [-0.25, -0.2) is 4.79 Å². The molecule has 0 saturated carbocycles. The molecular weight excluding hydrogens is 370 g/mol.